The maximum absolute atomic E-state index is 4.21. The number of thiol groups is 1. The zero-order valence-electron chi connectivity index (χ0n) is 4.83. The molecule has 8 heavy (non-hydrogen) atoms. The molecule has 1 aliphatic heterocycles. The lowest BCUT2D eigenvalue weighted by atomic mass is 10.6. The Hall–Kier alpha value is 1.05. The van der Waals surface area contributed by atoms with Crippen molar-refractivity contribution in [2.75, 3.05) is 11.5 Å². The molecule has 0 bridgehead atoms. The summed E-state index contributed by atoms with van der Waals surface area (Å²) < 4.78 is 0.772. The molecule has 48 valence electrons. The molecule has 0 saturated carbocycles. The molecular weight excluding hydrogens is 156 g/mol. The van der Waals surface area contributed by atoms with Crippen LogP contribution in [0, 0.1) is 0 Å². The summed E-state index contributed by atoms with van der Waals surface area (Å²) in [5.41, 5.74) is 0. The van der Waals surface area contributed by atoms with Crippen molar-refractivity contribution in [3.8, 4) is 0 Å². The fraction of sp³-hybridized carbons (Fsp3) is 1.00. The van der Waals surface area contributed by atoms with Gasteiger partial charge in [-0.25, -0.2) is 0 Å². The fourth-order valence-electron chi connectivity index (χ4n) is 0.676. The molecule has 0 N–H and O–H groups in total. The van der Waals surface area contributed by atoms with E-state index in [9.17, 15) is 0 Å². The third-order valence-corrected chi connectivity index (χ3v) is 5.19. The van der Waals surface area contributed by atoms with Gasteiger partial charge in [0.15, 0.2) is 0 Å². The topological polar surface area (TPSA) is 0 Å². The first-order chi connectivity index (χ1) is 3.83. The van der Waals surface area contributed by atoms with Gasteiger partial charge in [0.05, 0.1) is 4.58 Å². The summed E-state index contributed by atoms with van der Waals surface area (Å²) in [6.07, 6.45) is 0. The van der Waals surface area contributed by atoms with Gasteiger partial charge in [-0.2, -0.15) is 12.6 Å². The number of rotatable bonds is 1. The van der Waals surface area contributed by atoms with Crippen LogP contribution in [0.1, 0.15) is 6.92 Å². The van der Waals surface area contributed by atoms with E-state index >= 15 is 0 Å². The molecule has 0 aliphatic carbocycles. The molecule has 3 heteroatoms. The zero-order valence-corrected chi connectivity index (χ0v) is 7.36. The summed E-state index contributed by atoms with van der Waals surface area (Å²) in [5, 5.41) is 0.858. The highest BCUT2D eigenvalue weighted by molar-refractivity contribution is 8.21. The molecule has 2 unspecified atom stereocenters. The number of hydrogen-bond donors (Lipinski definition) is 1. The lowest BCUT2D eigenvalue weighted by Crippen LogP contribution is -1.93. The van der Waals surface area contributed by atoms with Crippen LogP contribution in [-0.2, 0) is 0 Å². The van der Waals surface area contributed by atoms with Crippen LogP contribution >= 0.6 is 36.2 Å². The summed E-state index contributed by atoms with van der Waals surface area (Å²) in [5.74, 6) is 2.34. The van der Waals surface area contributed by atoms with Crippen molar-refractivity contribution in [3.05, 3.63) is 0 Å². The quantitative estimate of drug-likeness (QED) is 0.593. The van der Waals surface area contributed by atoms with E-state index in [2.05, 4.69) is 31.3 Å². The summed E-state index contributed by atoms with van der Waals surface area (Å²) in [6, 6.07) is 0. The van der Waals surface area contributed by atoms with Gasteiger partial charge in [0.1, 0.15) is 0 Å². The van der Waals surface area contributed by atoms with Crippen LogP contribution in [0.15, 0.2) is 0 Å². The standard InChI is InChI=1S/C5H10S3/c1-4-3-7-5(2-6)8-4/h4-6H,2-3H2,1H3. The van der Waals surface area contributed by atoms with Gasteiger partial charge in [0, 0.05) is 16.8 Å². The monoisotopic (exact) mass is 166 g/mol. The Kier molecular flexibility index (Phi) is 2.93. The molecule has 0 aromatic rings. The smallest absolute Gasteiger partial charge is 0.0593 e. The van der Waals surface area contributed by atoms with E-state index in [-0.39, 0.29) is 0 Å². The Morgan fingerprint density at radius 1 is 1.75 bits per heavy atom. The van der Waals surface area contributed by atoms with Gasteiger partial charge in [-0.3, -0.25) is 0 Å². The Labute approximate surface area is 64.6 Å². The van der Waals surface area contributed by atoms with E-state index in [0.717, 1.165) is 15.6 Å². The van der Waals surface area contributed by atoms with Gasteiger partial charge in [0.2, 0.25) is 0 Å². The van der Waals surface area contributed by atoms with E-state index in [1.54, 1.807) is 0 Å². The van der Waals surface area contributed by atoms with E-state index in [4.69, 9.17) is 0 Å². The Bertz CT molecular complexity index is 74.1. The molecule has 0 amide bonds. The molecule has 0 aromatic heterocycles. The first-order valence-electron chi connectivity index (χ1n) is 2.71. The average Bonchev–Trinajstić information content (AvgIpc) is 2.14. The van der Waals surface area contributed by atoms with Gasteiger partial charge < -0.3 is 0 Å². The van der Waals surface area contributed by atoms with Crippen molar-refractivity contribution in [1.82, 2.24) is 0 Å². The molecule has 1 saturated heterocycles. The molecule has 1 rings (SSSR count). The van der Waals surface area contributed by atoms with Crippen molar-refractivity contribution in [2.45, 2.75) is 16.8 Å². The van der Waals surface area contributed by atoms with Crippen LogP contribution in [0.4, 0.5) is 0 Å². The normalized spacial score (nSPS) is 38.2. The Morgan fingerprint density at radius 3 is 2.75 bits per heavy atom. The molecule has 1 fully saturated rings. The number of hydrogen-bond acceptors (Lipinski definition) is 3. The molecule has 0 radical (unpaired) electrons. The van der Waals surface area contributed by atoms with E-state index in [1.807, 2.05) is 11.8 Å². The molecule has 0 nitrogen and oxygen atoms in total. The second kappa shape index (κ2) is 3.28. The maximum Gasteiger partial charge on any atom is 0.0593 e. The first-order valence-corrected chi connectivity index (χ1v) is 5.33. The molecule has 1 aliphatic rings. The van der Waals surface area contributed by atoms with Crippen LogP contribution in [0.2, 0.25) is 0 Å². The molecule has 2 atom stereocenters. The number of thioether (sulfide) groups is 2. The van der Waals surface area contributed by atoms with Crippen LogP contribution in [0.5, 0.6) is 0 Å². The maximum atomic E-state index is 4.21. The Balaban J connectivity index is 2.22. The van der Waals surface area contributed by atoms with E-state index < -0.39 is 0 Å². The SMILES string of the molecule is CC1CSC(CS)S1. The zero-order chi connectivity index (χ0) is 5.98. The van der Waals surface area contributed by atoms with Crippen LogP contribution in [-0.4, -0.2) is 21.3 Å². The molecule has 0 spiro atoms. The Morgan fingerprint density at radius 2 is 2.50 bits per heavy atom. The molecular formula is C5H10S3. The minimum atomic E-state index is 0.772. The van der Waals surface area contributed by atoms with Gasteiger partial charge in [-0.05, 0) is 0 Å². The van der Waals surface area contributed by atoms with Gasteiger partial charge in [-0.15, -0.1) is 23.5 Å². The molecule has 1 heterocycles. The van der Waals surface area contributed by atoms with Crippen molar-refractivity contribution in [1.29, 1.82) is 0 Å². The van der Waals surface area contributed by atoms with Crippen LogP contribution in [0.25, 0.3) is 0 Å². The minimum Gasteiger partial charge on any atom is -0.177 e. The van der Waals surface area contributed by atoms with Gasteiger partial charge in [-0.1, -0.05) is 6.92 Å². The summed E-state index contributed by atoms with van der Waals surface area (Å²) >= 11 is 8.30. The highest BCUT2D eigenvalue weighted by Crippen LogP contribution is 2.37. The van der Waals surface area contributed by atoms with Crippen molar-refractivity contribution in [3.63, 3.8) is 0 Å². The summed E-state index contributed by atoms with van der Waals surface area (Å²) in [6.45, 7) is 2.28. The summed E-state index contributed by atoms with van der Waals surface area (Å²) in [4.78, 5) is 0. The van der Waals surface area contributed by atoms with Crippen LogP contribution in [0.3, 0.4) is 0 Å². The van der Waals surface area contributed by atoms with Crippen molar-refractivity contribution < 1.29 is 0 Å². The summed E-state index contributed by atoms with van der Waals surface area (Å²) in [7, 11) is 0. The van der Waals surface area contributed by atoms with Crippen molar-refractivity contribution in [2.24, 2.45) is 0 Å². The van der Waals surface area contributed by atoms with Gasteiger partial charge >= 0.3 is 0 Å². The van der Waals surface area contributed by atoms with Gasteiger partial charge in [0.25, 0.3) is 0 Å². The lowest BCUT2D eigenvalue weighted by Gasteiger charge is -2.00. The van der Waals surface area contributed by atoms with E-state index in [1.165, 1.54) is 5.75 Å². The molecule has 0 aromatic carbocycles. The predicted molar refractivity (Wildman–Crippen MR) is 47.2 cm³/mol. The highest BCUT2D eigenvalue weighted by Gasteiger charge is 2.20. The first kappa shape index (κ1) is 7.16. The third kappa shape index (κ3) is 1.78. The van der Waals surface area contributed by atoms with Crippen LogP contribution < -0.4 is 0 Å². The average molecular weight is 166 g/mol. The largest absolute Gasteiger partial charge is 0.177 e. The third-order valence-electron chi connectivity index (χ3n) is 1.05. The minimum absolute atomic E-state index is 0.772. The lowest BCUT2D eigenvalue weighted by molar-refractivity contribution is 1.15. The van der Waals surface area contributed by atoms with Crippen molar-refractivity contribution >= 4 is 36.2 Å². The fourth-order valence-corrected chi connectivity index (χ4v) is 4.12. The predicted octanol–water partition coefficient (Wildman–Crippen LogP) is 2.11. The highest BCUT2D eigenvalue weighted by atomic mass is 32.2. The second-order valence-electron chi connectivity index (χ2n) is 1.89. The van der Waals surface area contributed by atoms with E-state index in [0.29, 0.717) is 0 Å². The second-order valence-corrected chi connectivity index (χ2v) is 5.44.